The molecule has 1 aromatic heterocycles. The Balaban J connectivity index is 2.31. The summed E-state index contributed by atoms with van der Waals surface area (Å²) in [5, 5.41) is 9.11. The molecule has 0 saturated heterocycles. The number of carbonyl (C=O) groups is 4. The third-order valence-electron chi connectivity index (χ3n) is 6.27. The monoisotopic (exact) mass is 529 g/mol. The molecule has 2 aromatic rings. The van der Waals surface area contributed by atoms with E-state index in [2.05, 4.69) is 20.9 Å². The minimum absolute atomic E-state index is 0.128. The number of hydrogen-bond donors (Lipinski definition) is 5. The number of fused-ring (bicyclic) bond motifs is 1. The Morgan fingerprint density at radius 3 is 2.21 bits per heavy atom. The quantitative estimate of drug-likeness (QED) is 0.286. The highest BCUT2D eigenvalue weighted by Crippen LogP contribution is 2.20. The zero-order valence-electron chi connectivity index (χ0n) is 23.5. The van der Waals surface area contributed by atoms with Gasteiger partial charge in [-0.1, -0.05) is 52.3 Å². The summed E-state index contributed by atoms with van der Waals surface area (Å²) in [5.41, 5.74) is 6.48. The van der Waals surface area contributed by atoms with Crippen LogP contribution in [0.15, 0.2) is 30.5 Å². The number of rotatable bonds is 12. The van der Waals surface area contributed by atoms with Crippen LogP contribution in [-0.2, 0) is 25.5 Å². The number of benzene rings is 1. The number of nitrogens with two attached hydrogens (primary N) is 1. The number of amides is 4. The summed E-state index contributed by atoms with van der Waals surface area (Å²) < 4.78 is 5.39. The maximum Gasteiger partial charge on any atom is 0.408 e. The number of alkyl carbamates (subject to hydrolysis) is 1. The molecule has 0 saturated carbocycles. The van der Waals surface area contributed by atoms with Crippen molar-refractivity contribution in [3.8, 4) is 0 Å². The number of hydrogen-bond acceptors (Lipinski definition) is 5. The molecule has 0 aliphatic carbocycles. The molecule has 0 aliphatic rings. The van der Waals surface area contributed by atoms with E-state index in [0.29, 0.717) is 12.8 Å². The summed E-state index contributed by atoms with van der Waals surface area (Å²) in [4.78, 5) is 54.6. The number of carbonyl (C=O) groups excluding carboxylic acids is 4. The summed E-state index contributed by atoms with van der Waals surface area (Å²) >= 11 is 0. The molecule has 0 radical (unpaired) electrons. The number of aromatic amines is 1. The Morgan fingerprint density at radius 1 is 0.974 bits per heavy atom. The zero-order chi connectivity index (χ0) is 28.6. The molecule has 1 aromatic carbocycles. The van der Waals surface area contributed by atoms with Gasteiger partial charge in [0.2, 0.25) is 17.7 Å². The molecule has 2 rings (SSSR count). The average Bonchev–Trinajstić information content (AvgIpc) is 3.22. The minimum atomic E-state index is -1.02. The first-order valence-corrected chi connectivity index (χ1v) is 13.2. The largest absolute Gasteiger partial charge is 0.444 e. The topological polar surface area (TPSA) is 155 Å². The number of primary amides is 1. The molecule has 0 unspecified atom stereocenters. The van der Waals surface area contributed by atoms with Crippen LogP contribution in [-0.4, -0.2) is 52.5 Å². The van der Waals surface area contributed by atoms with Gasteiger partial charge < -0.3 is 31.4 Å². The second kappa shape index (κ2) is 13.3. The summed E-state index contributed by atoms with van der Waals surface area (Å²) in [6, 6.07) is 4.83. The lowest BCUT2D eigenvalue weighted by Crippen LogP contribution is -2.58. The van der Waals surface area contributed by atoms with E-state index >= 15 is 0 Å². The molecule has 0 bridgehead atoms. The van der Waals surface area contributed by atoms with Crippen LogP contribution in [0, 0.1) is 11.8 Å². The van der Waals surface area contributed by atoms with Crippen molar-refractivity contribution in [3.63, 3.8) is 0 Å². The maximum absolute atomic E-state index is 13.6. The number of aromatic nitrogens is 1. The normalized spacial score (nSPS) is 14.8. The van der Waals surface area contributed by atoms with E-state index in [1.165, 1.54) is 0 Å². The van der Waals surface area contributed by atoms with Gasteiger partial charge in [-0.05, 0) is 50.7 Å². The van der Waals surface area contributed by atoms with Crippen LogP contribution in [0.5, 0.6) is 0 Å². The molecular formula is C28H43N5O5. The first kappa shape index (κ1) is 30.7. The van der Waals surface area contributed by atoms with Crippen molar-refractivity contribution in [1.29, 1.82) is 0 Å². The average molecular weight is 530 g/mol. The molecule has 0 aliphatic heterocycles. The SMILES string of the molecule is CC[C@H](C)[C@@H](NC(=O)[C@H](Cc1c[nH]c2ccccc12)NC(=O)OC(C)(C)C)C(=O)N[C@H](CC(C)C)C(N)=O. The van der Waals surface area contributed by atoms with E-state index in [1.807, 2.05) is 52.0 Å². The number of ether oxygens (including phenoxy) is 1. The standard InChI is InChI=1S/C28H43N5O5/c1-8-17(4)23(26(36)31-21(24(29)34)13-16(2)3)33-25(35)22(32-27(37)38-28(5,6)7)14-18-15-30-20-12-10-9-11-19(18)20/h9-12,15-17,21-23,30H,8,13-14H2,1-7H3,(H2,29,34)(H,31,36)(H,32,37)(H,33,35)/t17-,21+,22-,23+/m0/s1. The van der Waals surface area contributed by atoms with Gasteiger partial charge in [-0.2, -0.15) is 0 Å². The zero-order valence-corrected chi connectivity index (χ0v) is 23.5. The van der Waals surface area contributed by atoms with Crippen LogP contribution < -0.4 is 21.7 Å². The molecule has 210 valence electrons. The maximum atomic E-state index is 13.6. The van der Waals surface area contributed by atoms with Gasteiger partial charge in [-0.15, -0.1) is 0 Å². The minimum Gasteiger partial charge on any atom is -0.444 e. The van der Waals surface area contributed by atoms with E-state index in [-0.39, 0.29) is 18.3 Å². The lowest BCUT2D eigenvalue weighted by Gasteiger charge is -2.28. The van der Waals surface area contributed by atoms with Gasteiger partial charge in [0.05, 0.1) is 0 Å². The van der Waals surface area contributed by atoms with Crippen LogP contribution in [0.25, 0.3) is 10.9 Å². The van der Waals surface area contributed by atoms with E-state index in [4.69, 9.17) is 10.5 Å². The highest BCUT2D eigenvalue weighted by atomic mass is 16.6. The summed E-state index contributed by atoms with van der Waals surface area (Å²) in [6.45, 7) is 12.8. The van der Waals surface area contributed by atoms with Crippen LogP contribution in [0.1, 0.15) is 66.9 Å². The van der Waals surface area contributed by atoms with Crippen LogP contribution >= 0.6 is 0 Å². The van der Waals surface area contributed by atoms with E-state index < -0.39 is 47.5 Å². The van der Waals surface area contributed by atoms with E-state index in [0.717, 1.165) is 16.5 Å². The second-order valence-corrected chi connectivity index (χ2v) is 11.2. The molecule has 4 atom stereocenters. The molecule has 0 fully saturated rings. The predicted octanol–water partition coefficient (Wildman–Crippen LogP) is 3.15. The summed E-state index contributed by atoms with van der Waals surface area (Å²) in [7, 11) is 0. The third-order valence-corrected chi connectivity index (χ3v) is 6.27. The van der Waals surface area contributed by atoms with Crippen molar-refractivity contribution in [2.75, 3.05) is 0 Å². The molecular weight excluding hydrogens is 486 g/mol. The highest BCUT2D eigenvalue weighted by molar-refractivity contribution is 5.94. The number of H-pyrrole nitrogens is 1. The third kappa shape index (κ3) is 9.08. The molecule has 10 nitrogen and oxygen atoms in total. The number of nitrogens with one attached hydrogen (secondary N) is 4. The Labute approximate surface area is 224 Å². The van der Waals surface area contributed by atoms with Gasteiger partial charge in [0, 0.05) is 23.5 Å². The Hall–Kier alpha value is -3.56. The first-order valence-electron chi connectivity index (χ1n) is 13.2. The molecule has 0 spiro atoms. The lowest BCUT2D eigenvalue weighted by atomic mass is 9.96. The van der Waals surface area contributed by atoms with Gasteiger partial charge in [-0.25, -0.2) is 4.79 Å². The molecule has 6 N–H and O–H groups in total. The van der Waals surface area contributed by atoms with Crippen LogP contribution in [0.2, 0.25) is 0 Å². The fraction of sp³-hybridized carbons (Fsp3) is 0.571. The predicted molar refractivity (Wildman–Crippen MR) is 147 cm³/mol. The summed E-state index contributed by atoms with van der Waals surface area (Å²) in [6.07, 6.45) is 2.19. The van der Waals surface area contributed by atoms with Gasteiger partial charge in [0.25, 0.3) is 0 Å². The van der Waals surface area contributed by atoms with Crippen molar-refractivity contribution >= 4 is 34.7 Å². The Bertz CT molecular complexity index is 1120. The molecule has 4 amide bonds. The van der Waals surface area contributed by atoms with Gasteiger partial charge in [-0.3, -0.25) is 14.4 Å². The fourth-order valence-corrected chi connectivity index (χ4v) is 4.11. The van der Waals surface area contributed by atoms with Gasteiger partial charge in [0.1, 0.15) is 23.7 Å². The van der Waals surface area contributed by atoms with E-state index in [1.54, 1.807) is 27.0 Å². The van der Waals surface area contributed by atoms with Crippen molar-refractivity contribution in [3.05, 3.63) is 36.0 Å². The smallest absolute Gasteiger partial charge is 0.408 e. The van der Waals surface area contributed by atoms with Crippen molar-refractivity contribution in [1.82, 2.24) is 20.9 Å². The Kier molecular flexibility index (Phi) is 10.7. The second-order valence-electron chi connectivity index (χ2n) is 11.2. The van der Waals surface area contributed by atoms with E-state index in [9.17, 15) is 19.2 Å². The summed E-state index contributed by atoms with van der Waals surface area (Å²) in [5.74, 6) is -1.80. The van der Waals surface area contributed by atoms with Crippen LogP contribution in [0.4, 0.5) is 4.79 Å². The fourth-order valence-electron chi connectivity index (χ4n) is 4.11. The molecule has 1 heterocycles. The van der Waals surface area contributed by atoms with Crippen molar-refractivity contribution in [2.24, 2.45) is 17.6 Å². The lowest BCUT2D eigenvalue weighted by molar-refractivity contribution is -0.133. The first-order chi connectivity index (χ1) is 17.7. The Morgan fingerprint density at radius 2 is 1.63 bits per heavy atom. The van der Waals surface area contributed by atoms with Gasteiger partial charge in [0.15, 0.2) is 0 Å². The highest BCUT2D eigenvalue weighted by Gasteiger charge is 2.33. The van der Waals surface area contributed by atoms with Gasteiger partial charge >= 0.3 is 6.09 Å². The van der Waals surface area contributed by atoms with Crippen molar-refractivity contribution in [2.45, 2.75) is 91.5 Å². The molecule has 10 heteroatoms. The van der Waals surface area contributed by atoms with Crippen molar-refractivity contribution < 1.29 is 23.9 Å². The number of para-hydroxylation sites is 1. The van der Waals surface area contributed by atoms with Crippen LogP contribution in [0.3, 0.4) is 0 Å². The molecule has 38 heavy (non-hydrogen) atoms.